The predicted molar refractivity (Wildman–Crippen MR) is 43.9 cm³/mol. The normalized spacial score (nSPS) is 11.3. The maximum Gasteiger partial charge on any atom is 0.303 e. The van der Waals surface area contributed by atoms with Gasteiger partial charge in [0.2, 0.25) is 5.79 Å². The minimum Gasteiger partial charge on any atom is -0.481 e. The van der Waals surface area contributed by atoms with Gasteiger partial charge in [0.15, 0.2) is 0 Å². The van der Waals surface area contributed by atoms with Crippen LogP contribution in [0.5, 0.6) is 0 Å². The molecule has 0 amide bonds. The monoisotopic (exact) mass is 224 g/mol. The molecule has 0 saturated carbocycles. The van der Waals surface area contributed by atoms with Crippen molar-refractivity contribution in [1.29, 1.82) is 0 Å². The number of aliphatic carboxylic acids is 2. The lowest BCUT2D eigenvalue weighted by Gasteiger charge is -2.25. The number of hydrogen-bond acceptors (Lipinski definition) is 6. The van der Waals surface area contributed by atoms with Crippen molar-refractivity contribution in [2.45, 2.75) is 31.5 Å². The topological polar surface area (TPSA) is 134 Å². The molecule has 0 atom stereocenters. The number of rotatable bonds is 8. The third kappa shape index (κ3) is 5.27. The average Bonchev–Trinajstić information content (AvgIpc) is 2.19. The molecule has 88 valence electrons. The van der Waals surface area contributed by atoms with Crippen LogP contribution in [-0.2, 0) is 19.4 Å². The summed E-state index contributed by atoms with van der Waals surface area (Å²) in [6.07, 6.45) is -1.63. The second-order valence-electron chi connectivity index (χ2n) is 2.88. The SMILES string of the molecule is O=C(O)CCC(CCC(=O)O)(OO)OO. The van der Waals surface area contributed by atoms with E-state index in [1.54, 1.807) is 0 Å². The Hall–Kier alpha value is -1.22. The lowest BCUT2D eigenvalue weighted by atomic mass is 10.0. The van der Waals surface area contributed by atoms with Crippen molar-refractivity contribution in [3.8, 4) is 0 Å². The van der Waals surface area contributed by atoms with Gasteiger partial charge >= 0.3 is 11.9 Å². The first-order chi connectivity index (χ1) is 6.95. The van der Waals surface area contributed by atoms with Crippen molar-refractivity contribution < 1.29 is 40.1 Å². The highest BCUT2D eigenvalue weighted by molar-refractivity contribution is 5.67. The van der Waals surface area contributed by atoms with E-state index in [0.717, 1.165) is 0 Å². The highest BCUT2D eigenvalue weighted by Crippen LogP contribution is 2.24. The molecule has 0 radical (unpaired) electrons. The summed E-state index contributed by atoms with van der Waals surface area (Å²) < 4.78 is 0. The zero-order valence-electron chi connectivity index (χ0n) is 7.75. The lowest BCUT2D eigenvalue weighted by Crippen LogP contribution is -2.35. The molecular formula is C7H12O8. The van der Waals surface area contributed by atoms with E-state index in [0.29, 0.717) is 0 Å². The molecule has 0 spiro atoms. The van der Waals surface area contributed by atoms with Gasteiger partial charge in [0.1, 0.15) is 0 Å². The fourth-order valence-electron chi connectivity index (χ4n) is 0.919. The van der Waals surface area contributed by atoms with Crippen molar-refractivity contribution >= 4 is 11.9 Å². The minimum absolute atomic E-state index is 0.372. The van der Waals surface area contributed by atoms with Crippen LogP contribution < -0.4 is 0 Å². The second kappa shape index (κ2) is 6.30. The minimum atomic E-state index is -2.00. The highest BCUT2D eigenvalue weighted by Gasteiger charge is 2.34. The largest absolute Gasteiger partial charge is 0.481 e. The van der Waals surface area contributed by atoms with E-state index < -0.39 is 30.6 Å². The van der Waals surface area contributed by atoms with Crippen LogP contribution in [0.2, 0.25) is 0 Å². The molecule has 8 heteroatoms. The maximum absolute atomic E-state index is 10.2. The van der Waals surface area contributed by atoms with E-state index in [9.17, 15) is 9.59 Å². The van der Waals surface area contributed by atoms with Crippen molar-refractivity contribution in [2.75, 3.05) is 0 Å². The molecule has 0 aromatic rings. The van der Waals surface area contributed by atoms with E-state index in [2.05, 4.69) is 9.78 Å². The van der Waals surface area contributed by atoms with Gasteiger partial charge in [-0.1, -0.05) is 0 Å². The molecule has 0 fully saturated rings. The Kier molecular flexibility index (Phi) is 5.79. The summed E-state index contributed by atoms with van der Waals surface area (Å²) >= 11 is 0. The van der Waals surface area contributed by atoms with E-state index in [1.807, 2.05) is 0 Å². The summed E-state index contributed by atoms with van der Waals surface area (Å²) in [7, 11) is 0. The molecule has 15 heavy (non-hydrogen) atoms. The van der Waals surface area contributed by atoms with Crippen LogP contribution in [0, 0.1) is 0 Å². The Morgan fingerprint density at radius 1 is 0.933 bits per heavy atom. The van der Waals surface area contributed by atoms with Gasteiger partial charge in [-0.05, 0) is 0 Å². The Morgan fingerprint density at radius 3 is 1.47 bits per heavy atom. The standard InChI is InChI=1S/C7H12O8/c8-5(9)1-3-7(14-12,15-13)4-2-6(10)11/h12-13H,1-4H2,(H,8,9)(H,10,11). The molecule has 0 bridgehead atoms. The van der Waals surface area contributed by atoms with Gasteiger partial charge < -0.3 is 10.2 Å². The van der Waals surface area contributed by atoms with Crippen LogP contribution >= 0.6 is 0 Å². The zero-order valence-corrected chi connectivity index (χ0v) is 7.75. The summed E-state index contributed by atoms with van der Waals surface area (Å²) in [6.45, 7) is 0. The maximum atomic E-state index is 10.2. The molecule has 0 aliphatic heterocycles. The smallest absolute Gasteiger partial charge is 0.303 e. The molecule has 8 nitrogen and oxygen atoms in total. The quantitative estimate of drug-likeness (QED) is 0.264. The summed E-state index contributed by atoms with van der Waals surface area (Å²) in [6, 6.07) is 0. The molecule has 0 aliphatic carbocycles. The van der Waals surface area contributed by atoms with Crippen LogP contribution in [0.1, 0.15) is 25.7 Å². The summed E-state index contributed by atoms with van der Waals surface area (Å²) in [5.41, 5.74) is 0. The van der Waals surface area contributed by atoms with E-state index in [1.165, 1.54) is 0 Å². The summed E-state index contributed by atoms with van der Waals surface area (Å²) in [5, 5.41) is 33.6. The Morgan fingerprint density at radius 2 is 1.27 bits per heavy atom. The molecule has 0 unspecified atom stereocenters. The van der Waals surface area contributed by atoms with Crippen molar-refractivity contribution in [3.63, 3.8) is 0 Å². The third-order valence-electron chi connectivity index (χ3n) is 1.77. The van der Waals surface area contributed by atoms with Gasteiger partial charge in [0.05, 0.1) is 12.8 Å². The van der Waals surface area contributed by atoms with Gasteiger partial charge in [-0.2, -0.15) is 0 Å². The highest BCUT2D eigenvalue weighted by atomic mass is 17.2. The van der Waals surface area contributed by atoms with Crippen LogP contribution in [0.15, 0.2) is 0 Å². The first kappa shape index (κ1) is 13.8. The van der Waals surface area contributed by atoms with Gasteiger partial charge in [-0.25, -0.2) is 20.3 Å². The van der Waals surface area contributed by atoms with Crippen molar-refractivity contribution in [1.82, 2.24) is 0 Å². The van der Waals surface area contributed by atoms with Gasteiger partial charge in [-0.15, -0.1) is 0 Å². The van der Waals surface area contributed by atoms with Gasteiger partial charge in [0, 0.05) is 12.8 Å². The van der Waals surface area contributed by atoms with Gasteiger partial charge in [0.25, 0.3) is 0 Å². The van der Waals surface area contributed by atoms with E-state index in [-0.39, 0.29) is 12.8 Å². The predicted octanol–water partition coefficient (Wildman–Crippen LogP) is 0.392. The van der Waals surface area contributed by atoms with E-state index in [4.69, 9.17) is 20.7 Å². The summed E-state index contributed by atoms with van der Waals surface area (Å²) in [5.74, 6) is -4.39. The Labute approximate surface area is 84.5 Å². The molecule has 0 aromatic heterocycles. The first-order valence-electron chi connectivity index (χ1n) is 4.04. The fraction of sp³-hybridized carbons (Fsp3) is 0.714. The van der Waals surface area contributed by atoms with Crippen LogP contribution in [0.25, 0.3) is 0 Å². The van der Waals surface area contributed by atoms with Crippen LogP contribution in [-0.4, -0.2) is 38.5 Å². The molecule has 0 rings (SSSR count). The Bertz CT molecular complexity index is 201. The number of hydrogen-bond donors (Lipinski definition) is 4. The fourth-order valence-corrected chi connectivity index (χ4v) is 0.919. The molecule has 0 saturated heterocycles. The third-order valence-corrected chi connectivity index (χ3v) is 1.77. The zero-order chi connectivity index (χ0) is 11.9. The lowest BCUT2D eigenvalue weighted by molar-refractivity contribution is -0.489. The first-order valence-corrected chi connectivity index (χ1v) is 4.04. The van der Waals surface area contributed by atoms with Crippen molar-refractivity contribution in [2.24, 2.45) is 0 Å². The molecular weight excluding hydrogens is 212 g/mol. The van der Waals surface area contributed by atoms with E-state index >= 15 is 0 Å². The van der Waals surface area contributed by atoms with Crippen LogP contribution in [0.3, 0.4) is 0 Å². The van der Waals surface area contributed by atoms with Crippen molar-refractivity contribution in [3.05, 3.63) is 0 Å². The van der Waals surface area contributed by atoms with Crippen LogP contribution in [0.4, 0.5) is 0 Å². The number of carboxylic acids is 2. The molecule has 0 aliphatic rings. The molecule has 0 heterocycles. The Balaban J connectivity index is 4.29. The number of carbonyl (C=O) groups is 2. The van der Waals surface area contributed by atoms with Gasteiger partial charge in [-0.3, -0.25) is 9.59 Å². The average molecular weight is 224 g/mol. The number of carboxylic acid groups (broad SMARTS) is 2. The molecule has 0 aromatic carbocycles. The molecule has 4 N–H and O–H groups in total. The summed E-state index contributed by atoms with van der Waals surface area (Å²) in [4.78, 5) is 28.0. The second-order valence-corrected chi connectivity index (χ2v) is 2.88.